The molecule has 0 aliphatic carbocycles. The van der Waals surface area contributed by atoms with Gasteiger partial charge in [0.25, 0.3) is 5.91 Å². The number of hydrogen-bond donors (Lipinski definition) is 1. The van der Waals surface area contributed by atoms with Gasteiger partial charge >= 0.3 is 5.97 Å². The summed E-state index contributed by atoms with van der Waals surface area (Å²) >= 11 is 5.77. The molecule has 2 rings (SSSR count). The number of para-hydroxylation sites is 1. The Kier molecular flexibility index (Phi) is 6.12. The summed E-state index contributed by atoms with van der Waals surface area (Å²) in [5.41, 5.74) is 1.49. The molecule has 0 aliphatic heterocycles. The van der Waals surface area contributed by atoms with Crippen molar-refractivity contribution in [1.29, 1.82) is 5.26 Å². The van der Waals surface area contributed by atoms with E-state index < -0.39 is 18.5 Å². The Labute approximate surface area is 144 Å². The van der Waals surface area contributed by atoms with Gasteiger partial charge in [0, 0.05) is 11.1 Å². The van der Waals surface area contributed by atoms with E-state index in [0.717, 1.165) is 5.56 Å². The van der Waals surface area contributed by atoms with E-state index in [4.69, 9.17) is 21.6 Å². The van der Waals surface area contributed by atoms with Crippen LogP contribution in [0.1, 0.15) is 11.1 Å². The Balaban J connectivity index is 1.84. The second-order valence-corrected chi connectivity index (χ2v) is 5.13. The van der Waals surface area contributed by atoms with Crippen LogP contribution in [-0.2, 0) is 14.3 Å². The number of benzene rings is 2. The van der Waals surface area contributed by atoms with Gasteiger partial charge in [-0.1, -0.05) is 35.9 Å². The van der Waals surface area contributed by atoms with Crippen LogP contribution < -0.4 is 5.32 Å². The lowest BCUT2D eigenvalue weighted by molar-refractivity contribution is -0.142. The number of amides is 1. The third-order valence-corrected chi connectivity index (χ3v) is 3.20. The number of ether oxygens (including phenoxy) is 1. The molecule has 0 saturated carbocycles. The fourth-order valence-corrected chi connectivity index (χ4v) is 1.92. The number of nitrogens with one attached hydrogen (secondary N) is 1. The van der Waals surface area contributed by atoms with Crippen molar-refractivity contribution in [3.8, 4) is 6.07 Å². The molecule has 0 saturated heterocycles. The second kappa shape index (κ2) is 8.51. The molecule has 2 aromatic rings. The Bertz CT molecular complexity index is 808. The third-order valence-electron chi connectivity index (χ3n) is 2.95. The van der Waals surface area contributed by atoms with Crippen LogP contribution in [0.3, 0.4) is 0 Å². The van der Waals surface area contributed by atoms with Crippen molar-refractivity contribution in [3.05, 3.63) is 70.8 Å². The van der Waals surface area contributed by atoms with Gasteiger partial charge < -0.3 is 10.1 Å². The van der Waals surface area contributed by atoms with Gasteiger partial charge in [-0.2, -0.15) is 5.26 Å². The average Bonchev–Trinajstić information content (AvgIpc) is 2.60. The predicted octanol–water partition coefficient (Wildman–Crippen LogP) is 3.41. The van der Waals surface area contributed by atoms with Crippen LogP contribution in [-0.4, -0.2) is 18.5 Å². The first kappa shape index (κ1) is 17.3. The molecule has 0 aliphatic rings. The molecular formula is C18H13ClN2O3. The summed E-state index contributed by atoms with van der Waals surface area (Å²) in [7, 11) is 0. The summed E-state index contributed by atoms with van der Waals surface area (Å²) in [6.45, 7) is -0.441. The minimum absolute atomic E-state index is 0.333. The minimum Gasteiger partial charge on any atom is -0.452 e. The highest BCUT2D eigenvalue weighted by atomic mass is 35.5. The van der Waals surface area contributed by atoms with E-state index in [0.29, 0.717) is 16.3 Å². The Morgan fingerprint density at radius 3 is 2.58 bits per heavy atom. The fourth-order valence-electron chi connectivity index (χ4n) is 1.80. The molecule has 0 unspecified atom stereocenters. The summed E-state index contributed by atoms with van der Waals surface area (Å²) in [6.07, 6.45) is 2.78. The van der Waals surface area contributed by atoms with E-state index in [-0.39, 0.29) is 0 Å². The quantitative estimate of drug-likeness (QED) is 0.668. The molecule has 0 radical (unpaired) electrons. The molecule has 0 aromatic heterocycles. The summed E-state index contributed by atoms with van der Waals surface area (Å²) < 4.78 is 4.85. The first-order valence-electron chi connectivity index (χ1n) is 6.98. The van der Waals surface area contributed by atoms with Crippen LogP contribution in [0.2, 0.25) is 5.02 Å². The second-order valence-electron chi connectivity index (χ2n) is 4.70. The van der Waals surface area contributed by atoms with Crippen molar-refractivity contribution in [2.75, 3.05) is 11.9 Å². The zero-order valence-corrected chi connectivity index (χ0v) is 13.3. The standard InChI is InChI=1S/C18H13ClN2O3/c19-15-8-5-13(6-9-15)7-10-18(23)24-12-17(22)21-16-4-2-1-3-14(16)11-20/h1-10H,12H2,(H,21,22)/b10-7+. The van der Waals surface area contributed by atoms with Gasteiger partial charge in [-0.05, 0) is 35.9 Å². The van der Waals surface area contributed by atoms with Crippen molar-refractivity contribution < 1.29 is 14.3 Å². The van der Waals surface area contributed by atoms with Crippen molar-refractivity contribution in [2.24, 2.45) is 0 Å². The van der Waals surface area contributed by atoms with Gasteiger partial charge in [-0.3, -0.25) is 4.79 Å². The molecule has 1 amide bonds. The number of rotatable bonds is 5. The number of halogens is 1. The van der Waals surface area contributed by atoms with Gasteiger partial charge in [-0.25, -0.2) is 4.79 Å². The fraction of sp³-hybridized carbons (Fsp3) is 0.0556. The lowest BCUT2D eigenvalue weighted by Gasteiger charge is -2.06. The number of nitriles is 1. The number of carbonyl (C=O) groups is 2. The highest BCUT2D eigenvalue weighted by Gasteiger charge is 2.08. The number of anilines is 1. The Morgan fingerprint density at radius 1 is 1.17 bits per heavy atom. The van der Waals surface area contributed by atoms with E-state index in [2.05, 4.69) is 5.32 Å². The number of carbonyl (C=O) groups excluding carboxylic acids is 2. The van der Waals surface area contributed by atoms with Crippen LogP contribution in [0.4, 0.5) is 5.69 Å². The molecule has 0 spiro atoms. The van der Waals surface area contributed by atoms with Crippen molar-refractivity contribution in [3.63, 3.8) is 0 Å². The summed E-state index contributed by atoms with van der Waals surface area (Å²) in [5, 5.41) is 12.1. The smallest absolute Gasteiger partial charge is 0.331 e. The van der Waals surface area contributed by atoms with Crippen LogP contribution in [0.5, 0.6) is 0 Å². The van der Waals surface area contributed by atoms with E-state index in [9.17, 15) is 9.59 Å². The van der Waals surface area contributed by atoms with Crippen LogP contribution >= 0.6 is 11.6 Å². The zero-order chi connectivity index (χ0) is 17.4. The first-order chi connectivity index (χ1) is 11.6. The van der Waals surface area contributed by atoms with Gasteiger partial charge in [0.1, 0.15) is 6.07 Å². The van der Waals surface area contributed by atoms with E-state index in [1.807, 2.05) is 6.07 Å². The lowest BCUT2D eigenvalue weighted by Crippen LogP contribution is -2.20. The SMILES string of the molecule is N#Cc1ccccc1NC(=O)COC(=O)/C=C/c1ccc(Cl)cc1. The van der Waals surface area contributed by atoms with Crippen LogP contribution in [0.25, 0.3) is 6.08 Å². The maximum absolute atomic E-state index is 11.8. The van der Waals surface area contributed by atoms with Gasteiger partial charge in [0.15, 0.2) is 6.61 Å². The van der Waals surface area contributed by atoms with Crippen molar-refractivity contribution in [1.82, 2.24) is 0 Å². The highest BCUT2D eigenvalue weighted by molar-refractivity contribution is 6.30. The monoisotopic (exact) mass is 340 g/mol. The molecule has 1 N–H and O–H groups in total. The molecule has 5 nitrogen and oxygen atoms in total. The Hall–Kier alpha value is -3.10. The molecule has 6 heteroatoms. The molecule has 2 aromatic carbocycles. The molecular weight excluding hydrogens is 328 g/mol. The largest absolute Gasteiger partial charge is 0.452 e. The number of nitrogens with zero attached hydrogens (tertiary/aromatic N) is 1. The number of esters is 1. The summed E-state index contributed by atoms with van der Waals surface area (Å²) in [6, 6.07) is 15.4. The average molecular weight is 341 g/mol. The predicted molar refractivity (Wildman–Crippen MR) is 91.2 cm³/mol. The van der Waals surface area contributed by atoms with Crippen molar-refractivity contribution >= 4 is 35.2 Å². The lowest BCUT2D eigenvalue weighted by atomic mass is 10.2. The summed E-state index contributed by atoms with van der Waals surface area (Å²) in [4.78, 5) is 23.4. The maximum Gasteiger partial charge on any atom is 0.331 e. The van der Waals surface area contributed by atoms with Gasteiger partial charge in [0.2, 0.25) is 0 Å². The zero-order valence-electron chi connectivity index (χ0n) is 12.5. The normalized spacial score (nSPS) is 10.2. The molecule has 120 valence electrons. The van der Waals surface area contributed by atoms with Gasteiger partial charge in [-0.15, -0.1) is 0 Å². The number of hydrogen-bond acceptors (Lipinski definition) is 4. The van der Waals surface area contributed by atoms with E-state index in [1.54, 1.807) is 54.6 Å². The van der Waals surface area contributed by atoms with Crippen molar-refractivity contribution in [2.45, 2.75) is 0 Å². The molecule has 24 heavy (non-hydrogen) atoms. The topological polar surface area (TPSA) is 79.2 Å². The maximum atomic E-state index is 11.8. The highest BCUT2D eigenvalue weighted by Crippen LogP contribution is 2.13. The van der Waals surface area contributed by atoms with E-state index in [1.165, 1.54) is 6.08 Å². The minimum atomic E-state index is -0.645. The molecule has 0 fully saturated rings. The van der Waals surface area contributed by atoms with Crippen LogP contribution in [0, 0.1) is 11.3 Å². The van der Waals surface area contributed by atoms with E-state index >= 15 is 0 Å². The first-order valence-corrected chi connectivity index (χ1v) is 7.35. The molecule has 0 bridgehead atoms. The summed E-state index contributed by atoms with van der Waals surface area (Å²) in [5.74, 6) is -1.17. The molecule has 0 heterocycles. The Morgan fingerprint density at radius 2 is 1.88 bits per heavy atom. The third kappa shape index (κ3) is 5.27. The van der Waals surface area contributed by atoms with Gasteiger partial charge in [0.05, 0.1) is 11.3 Å². The van der Waals surface area contributed by atoms with Crippen LogP contribution in [0.15, 0.2) is 54.6 Å². The molecule has 0 atom stereocenters.